The van der Waals surface area contributed by atoms with Crippen molar-refractivity contribution in [1.82, 2.24) is 10.2 Å². The average molecular weight is 342 g/mol. The van der Waals surface area contributed by atoms with Gasteiger partial charge in [0.25, 0.3) is 0 Å². The predicted molar refractivity (Wildman–Crippen MR) is 92.2 cm³/mol. The number of hydrogen-bond acceptors (Lipinski definition) is 4. The van der Waals surface area contributed by atoms with Crippen molar-refractivity contribution in [3.8, 4) is 5.75 Å². The summed E-state index contributed by atoms with van der Waals surface area (Å²) in [6.45, 7) is 4.23. The second-order valence-corrected chi connectivity index (χ2v) is 5.31. The van der Waals surface area contributed by atoms with Crippen molar-refractivity contribution in [3.63, 3.8) is 0 Å². The van der Waals surface area contributed by atoms with Crippen LogP contribution in [0.3, 0.4) is 0 Å². The summed E-state index contributed by atoms with van der Waals surface area (Å²) in [5.74, 6) is 0.574. The van der Waals surface area contributed by atoms with E-state index in [2.05, 4.69) is 10.6 Å². The third-order valence-electron chi connectivity index (χ3n) is 3.64. The second kappa shape index (κ2) is 9.37. The molecule has 2 amide bonds. The smallest absolute Gasteiger partial charge is 0.240 e. The molecule has 1 atom stereocenters. The number of anilines is 1. The molecule has 7 heteroatoms. The number of carbonyl (C=O) groups excluding carboxylic acids is 2. The van der Waals surface area contributed by atoms with E-state index in [1.54, 1.807) is 31.4 Å². The molecule has 0 spiro atoms. The molecule has 1 fully saturated rings. The van der Waals surface area contributed by atoms with Crippen LogP contribution in [0.4, 0.5) is 5.69 Å². The summed E-state index contributed by atoms with van der Waals surface area (Å²) in [4.78, 5) is 26.2. The maximum Gasteiger partial charge on any atom is 0.240 e. The van der Waals surface area contributed by atoms with Gasteiger partial charge in [-0.2, -0.15) is 0 Å². The maximum absolute atomic E-state index is 12.3. The number of ether oxygens (including phenoxy) is 1. The fraction of sp³-hybridized carbons (Fsp3) is 0.500. The van der Waals surface area contributed by atoms with Gasteiger partial charge in [-0.1, -0.05) is 6.92 Å². The molecule has 1 heterocycles. The summed E-state index contributed by atoms with van der Waals surface area (Å²) in [7, 11) is 1.59. The van der Waals surface area contributed by atoms with Crippen LogP contribution in [0.2, 0.25) is 0 Å². The van der Waals surface area contributed by atoms with E-state index in [1.807, 2.05) is 11.8 Å². The van der Waals surface area contributed by atoms with E-state index in [4.69, 9.17) is 4.74 Å². The molecule has 0 bridgehead atoms. The summed E-state index contributed by atoms with van der Waals surface area (Å²) < 4.78 is 5.07. The highest BCUT2D eigenvalue weighted by atomic mass is 35.5. The standard InChI is InChI=1S/C16H23N3O3.ClH/c1-3-9-19-10-8-17-14(16(19)21)11-15(20)18-12-4-6-13(22-2)7-5-12;/h4-7,14,17H,3,8-11H2,1-2H3,(H,18,20);1H. The van der Waals surface area contributed by atoms with Gasteiger partial charge in [-0.05, 0) is 30.7 Å². The summed E-state index contributed by atoms with van der Waals surface area (Å²) in [5.41, 5.74) is 0.694. The molecule has 128 valence electrons. The Morgan fingerprint density at radius 3 is 2.70 bits per heavy atom. The molecule has 1 aliphatic heterocycles. The number of carbonyl (C=O) groups is 2. The minimum atomic E-state index is -0.432. The largest absolute Gasteiger partial charge is 0.497 e. The first-order valence-corrected chi connectivity index (χ1v) is 7.60. The zero-order valence-corrected chi connectivity index (χ0v) is 14.3. The molecule has 1 saturated heterocycles. The summed E-state index contributed by atoms with van der Waals surface area (Å²) in [6, 6.07) is 6.68. The van der Waals surface area contributed by atoms with E-state index in [-0.39, 0.29) is 30.6 Å². The summed E-state index contributed by atoms with van der Waals surface area (Å²) in [5, 5.41) is 5.92. The van der Waals surface area contributed by atoms with E-state index in [0.717, 1.165) is 25.3 Å². The van der Waals surface area contributed by atoms with Crippen LogP contribution in [0.15, 0.2) is 24.3 Å². The molecule has 6 nitrogen and oxygen atoms in total. The Bertz CT molecular complexity index is 520. The normalized spacial score (nSPS) is 17.4. The Morgan fingerprint density at radius 2 is 2.09 bits per heavy atom. The molecule has 0 aliphatic carbocycles. The number of piperazine rings is 1. The first-order chi connectivity index (χ1) is 10.6. The highest BCUT2D eigenvalue weighted by molar-refractivity contribution is 5.95. The Hall–Kier alpha value is -1.79. The molecule has 1 aromatic rings. The van der Waals surface area contributed by atoms with Crippen LogP contribution in [0.25, 0.3) is 0 Å². The molecule has 1 aromatic carbocycles. The van der Waals surface area contributed by atoms with Crippen molar-refractivity contribution >= 4 is 29.9 Å². The molecule has 0 saturated carbocycles. The van der Waals surface area contributed by atoms with E-state index in [9.17, 15) is 9.59 Å². The van der Waals surface area contributed by atoms with Gasteiger partial charge in [0.2, 0.25) is 11.8 Å². The third-order valence-corrected chi connectivity index (χ3v) is 3.64. The molecular formula is C16H24ClN3O3. The molecule has 0 aromatic heterocycles. The molecule has 1 unspecified atom stereocenters. The molecule has 2 N–H and O–H groups in total. The number of hydrogen-bond donors (Lipinski definition) is 2. The van der Waals surface area contributed by atoms with Crippen LogP contribution in [0.1, 0.15) is 19.8 Å². The summed E-state index contributed by atoms with van der Waals surface area (Å²) >= 11 is 0. The molecule has 2 rings (SSSR count). The number of nitrogens with one attached hydrogen (secondary N) is 2. The lowest BCUT2D eigenvalue weighted by Crippen LogP contribution is -2.56. The topological polar surface area (TPSA) is 70.7 Å². The van der Waals surface area contributed by atoms with Gasteiger partial charge in [0, 0.05) is 25.3 Å². The van der Waals surface area contributed by atoms with Crippen molar-refractivity contribution in [3.05, 3.63) is 24.3 Å². The zero-order valence-electron chi connectivity index (χ0n) is 13.5. The van der Waals surface area contributed by atoms with Gasteiger partial charge in [0.1, 0.15) is 5.75 Å². The number of amides is 2. The Balaban J connectivity index is 0.00000264. The quantitative estimate of drug-likeness (QED) is 0.825. The van der Waals surface area contributed by atoms with Gasteiger partial charge in [-0.3, -0.25) is 9.59 Å². The second-order valence-electron chi connectivity index (χ2n) is 5.31. The minimum Gasteiger partial charge on any atom is -0.497 e. The molecule has 1 aliphatic rings. The lowest BCUT2D eigenvalue weighted by atomic mass is 10.1. The van der Waals surface area contributed by atoms with Crippen LogP contribution < -0.4 is 15.4 Å². The lowest BCUT2D eigenvalue weighted by molar-refractivity contribution is -0.137. The predicted octanol–water partition coefficient (Wildman–Crippen LogP) is 1.66. The number of halogens is 1. The van der Waals surface area contributed by atoms with Crippen molar-refractivity contribution in [2.45, 2.75) is 25.8 Å². The van der Waals surface area contributed by atoms with Crippen LogP contribution in [-0.2, 0) is 9.59 Å². The maximum atomic E-state index is 12.3. The van der Waals surface area contributed by atoms with Crippen LogP contribution in [-0.4, -0.2) is 49.5 Å². The average Bonchev–Trinajstić information content (AvgIpc) is 2.52. The molecular weight excluding hydrogens is 318 g/mol. The van der Waals surface area contributed by atoms with Gasteiger partial charge in [-0.15, -0.1) is 12.4 Å². The third kappa shape index (κ3) is 5.41. The fourth-order valence-corrected chi connectivity index (χ4v) is 2.51. The SMILES string of the molecule is CCCN1CCNC(CC(=O)Nc2ccc(OC)cc2)C1=O.Cl. The van der Waals surface area contributed by atoms with Gasteiger partial charge < -0.3 is 20.3 Å². The highest BCUT2D eigenvalue weighted by Crippen LogP contribution is 2.15. The Labute approximate surface area is 143 Å². The fourth-order valence-electron chi connectivity index (χ4n) is 2.51. The highest BCUT2D eigenvalue weighted by Gasteiger charge is 2.29. The number of rotatable bonds is 6. The van der Waals surface area contributed by atoms with Gasteiger partial charge in [-0.25, -0.2) is 0 Å². The van der Waals surface area contributed by atoms with E-state index in [0.29, 0.717) is 12.2 Å². The van der Waals surface area contributed by atoms with Crippen molar-refractivity contribution < 1.29 is 14.3 Å². The monoisotopic (exact) mass is 341 g/mol. The summed E-state index contributed by atoms with van der Waals surface area (Å²) in [6.07, 6.45) is 1.07. The molecule has 0 radical (unpaired) electrons. The number of methoxy groups -OCH3 is 1. The van der Waals surface area contributed by atoms with Crippen LogP contribution in [0, 0.1) is 0 Å². The molecule has 23 heavy (non-hydrogen) atoms. The lowest BCUT2D eigenvalue weighted by Gasteiger charge is -2.32. The van der Waals surface area contributed by atoms with E-state index in [1.165, 1.54) is 0 Å². The zero-order chi connectivity index (χ0) is 15.9. The number of benzene rings is 1. The van der Waals surface area contributed by atoms with Crippen LogP contribution >= 0.6 is 12.4 Å². The van der Waals surface area contributed by atoms with Crippen molar-refractivity contribution in [2.75, 3.05) is 32.1 Å². The van der Waals surface area contributed by atoms with Gasteiger partial charge in [0.05, 0.1) is 19.6 Å². The Morgan fingerprint density at radius 1 is 1.39 bits per heavy atom. The van der Waals surface area contributed by atoms with Crippen molar-refractivity contribution in [2.24, 2.45) is 0 Å². The minimum absolute atomic E-state index is 0. The first kappa shape index (κ1) is 19.3. The van der Waals surface area contributed by atoms with Crippen LogP contribution in [0.5, 0.6) is 5.75 Å². The van der Waals surface area contributed by atoms with E-state index < -0.39 is 6.04 Å². The van der Waals surface area contributed by atoms with Crippen molar-refractivity contribution in [1.29, 1.82) is 0 Å². The Kier molecular flexibility index (Phi) is 7.85. The number of nitrogens with zero attached hydrogens (tertiary/aromatic N) is 1. The first-order valence-electron chi connectivity index (χ1n) is 7.60. The van der Waals surface area contributed by atoms with Gasteiger partial charge in [0.15, 0.2) is 0 Å². The van der Waals surface area contributed by atoms with Gasteiger partial charge >= 0.3 is 0 Å². The van der Waals surface area contributed by atoms with E-state index >= 15 is 0 Å².